The second kappa shape index (κ2) is 6.13. The van der Waals surface area contributed by atoms with E-state index in [4.69, 9.17) is 10.7 Å². The molecule has 0 radical (unpaired) electrons. The van der Waals surface area contributed by atoms with E-state index in [1.54, 1.807) is 11.3 Å². The average molecular weight is 267 g/mol. The number of hydrogen-bond donors (Lipinski definition) is 1. The summed E-state index contributed by atoms with van der Waals surface area (Å²) in [7, 11) is 2.22. The molecule has 102 valence electrons. The van der Waals surface area contributed by atoms with Crippen LogP contribution in [0, 0.1) is 0 Å². The lowest BCUT2D eigenvalue weighted by molar-refractivity contribution is 0.175. The zero-order chi connectivity index (χ0) is 13.1. The van der Waals surface area contributed by atoms with E-state index in [0.717, 1.165) is 6.54 Å². The van der Waals surface area contributed by atoms with Crippen LogP contribution in [0.15, 0.2) is 5.38 Å². The summed E-state index contributed by atoms with van der Waals surface area (Å²) in [4.78, 5) is 7.16. The first-order chi connectivity index (χ1) is 8.56. The van der Waals surface area contributed by atoms with Gasteiger partial charge in [-0.25, -0.2) is 4.98 Å². The van der Waals surface area contributed by atoms with Crippen molar-refractivity contribution in [3.05, 3.63) is 16.1 Å². The van der Waals surface area contributed by atoms with Gasteiger partial charge in [-0.05, 0) is 32.7 Å². The van der Waals surface area contributed by atoms with E-state index in [2.05, 4.69) is 31.2 Å². The molecule has 2 rings (SSSR count). The quantitative estimate of drug-likeness (QED) is 0.912. The summed E-state index contributed by atoms with van der Waals surface area (Å²) < 4.78 is 0. The van der Waals surface area contributed by atoms with Crippen LogP contribution in [0.2, 0.25) is 0 Å². The van der Waals surface area contributed by atoms with E-state index in [9.17, 15) is 0 Å². The van der Waals surface area contributed by atoms with Gasteiger partial charge in [0.05, 0.1) is 10.7 Å². The van der Waals surface area contributed by atoms with Crippen molar-refractivity contribution >= 4 is 11.3 Å². The van der Waals surface area contributed by atoms with Crippen molar-refractivity contribution in [1.29, 1.82) is 0 Å². The molecule has 3 nitrogen and oxygen atoms in total. The van der Waals surface area contributed by atoms with E-state index in [0.29, 0.717) is 18.0 Å². The minimum absolute atomic E-state index is 0.432. The maximum absolute atomic E-state index is 5.96. The topological polar surface area (TPSA) is 42.2 Å². The molecule has 0 spiro atoms. The van der Waals surface area contributed by atoms with E-state index in [1.165, 1.54) is 36.4 Å². The summed E-state index contributed by atoms with van der Waals surface area (Å²) >= 11 is 1.79. The zero-order valence-electron chi connectivity index (χ0n) is 11.7. The Bertz CT molecular complexity index is 367. The van der Waals surface area contributed by atoms with Crippen LogP contribution in [-0.2, 0) is 6.54 Å². The van der Waals surface area contributed by atoms with Gasteiger partial charge >= 0.3 is 0 Å². The molecule has 0 aromatic carbocycles. The zero-order valence-corrected chi connectivity index (χ0v) is 12.5. The van der Waals surface area contributed by atoms with E-state index in [1.807, 2.05) is 0 Å². The van der Waals surface area contributed by atoms with Crippen LogP contribution in [0.5, 0.6) is 0 Å². The lowest BCUT2D eigenvalue weighted by atomic mass is 9.91. The molecule has 2 N–H and O–H groups in total. The second-order valence-corrected chi connectivity index (χ2v) is 6.71. The van der Waals surface area contributed by atoms with Gasteiger partial charge in [-0.15, -0.1) is 11.3 Å². The third-order valence-corrected chi connectivity index (χ3v) is 5.03. The number of aromatic nitrogens is 1. The molecule has 0 amide bonds. The summed E-state index contributed by atoms with van der Waals surface area (Å²) in [5.41, 5.74) is 7.18. The average Bonchev–Trinajstić information content (AvgIpc) is 2.78. The van der Waals surface area contributed by atoms with E-state index >= 15 is 0 Å². The van der Waals surface area contributed by atoms with Crippen LogP contribution >= 0.6 is 11.3 Å². The summed E-state index contributed by atoms with van der Waals surface area (Å²) in [6, 6.07) is 1.12. The van der Waals surface area contributed by atoms with Gasteiger partial charge in [0.15, 0.2) is 0 Å². The fourth-order valence-corrected chi connectivity index (χ4v) is 3.41. The number of nitrogens with zero attached hydrogens (tertiary/aromatic N) is 2. The van der Waals surface area contributed by atoms with Crippen molar-refractivity contribution in [2.75, 3.05) is 7.05 Å². The summed E-state index contributed by atoms with van der Waals surface area (Å²) in [6.45, 7) is 5.38. The number of nitrogens with two attached hydrogens (primary N) is 1. The normalized spacial score (nSPS) is 25.0. The first kappa shape index (κ1) is 14.0. The minimum Gasteiger partial charge on any atom is -0.328 e. The van der Waals surface area contributed by atoms with Gasteiger partial charge in [-0.1, -0.05) is 13.8 Å². The maximum atomic E-state index is 5.96. The highest BCUT2D eigenvalue weighted by Gasteiger charge is 2.22. The molecule has 0 unspecified atom stereocenters. The van der Waals surface area contributed by atoms with Gasteiger partial charge in [-0.2, -0.15) is 0 Å². The van der Waals surface area contributed by atoms with Crippen LogP contribution in [0.4, 0.5) is 0 Å². The first-order valence-electron chi connectivity index (χ1n) is 6.96. The van der Waals surface area contributed by atoms with Gasteiger partial charge in [0.2, 0.25) is 0 Å². The third kappa shape index (κ3) is 3.53. The minimum atomic E-state index is 0.432. The Morgan fingerprint density at radius 1 is 1.39 bits per heavy atom. The second-order valence-electron chi connectivity index (χ2n) is 5.82. The van der Waals surface area contributed by atoms with Crippen LogP contribution in [0.1, 0.15) is 56.2 Å². The molecule has 0 bridgehead atoms. The van der Waals surface area contributed by atoms with Crippen molar-refractivity contribution in [3.63, 3.8) is 0 Å². The molecule has 1 saturated carbocycles. The van der Waals surface area contributed by atoms with Crippen LogP contribution in [-0.4, -0.2) is 29.0 Å². The lowest BCUT2D eigenvalue weighted by Gasteiger charge is -2.33. The summed E-state index contributed by atoms with van der Waals surface area (Å²) in [6.07, 6.45) is 4.81. The number of hydrogen-bond acceptors (Lipinski definition) is 4. The SMILES string of the molecule is CC(C)c1nc(CN(C)C2CCC(N)CC2)cs1. The van der Waals surface area contributed by atoms with E-state index in [-0.39, 0.29) is 0 Å². The molecule has 0 atom stereocenters. The van der Waals surface area contributed by atoms with Crippen LogP contribution in [0.3, 0.4) is 0 Å². The van der Waals surface area contributed by atoms with Crippen molar-refractivity contribution in [2.45, 2.75) is 64.1 Å². The Balaban J connectivity index is 1.88. The van der Waals surface area contributed by atoms with Crippen LogP contribution < -0.4 is 5.73 Å². The third-order valence-electron chi connectivity index (χ3n) is 3.84. The Labute approximate surface area is 114 Å². The summed E-state index contributed by atoms with van der Waals surface area (Å²) in [5, 5.41) is 3.46. The molecule has 0 aliphatic heterocycles. The molecular formula is C14H25N3S. The highest BCUT2D eigenvalue weighted by atomic mass is 32.1. The number of rotatable bonds is 4. The lowest BCUT2D eigenvalue weighted by Crippen LogP contribution is -2.38. The van der Waals surface area contributed by atoms with Gasteiger partial charge in [0.25, 0.3) is 0 Å². The molecular weight excluding hydrogens is 242 g/mol. The van der Waals surface area contributed by atoms with Crippen LogP contribution in [0.25, 0.3) is 0 Å². The molecule has 1 heterocycles. The van der Waals surface area contributed by atoms with Crippen molar-refractivity contribution in [3.8, 4) is 0 Å². The van der Waals surface area contributed by atoms with Gasteiger partial charge in [0, 0.05) is 29.9 Å². The van der Waals surface area contributed by atoms with Crippen molar-refractivity contribution in [1.82, 2.24) is 9.88 Å². The largest absolute Gasteiger partial charge is 0.328 e. The smallest absolute Gasteiger partial charge is 0.0954 e. The van der Waals surface area contributed by atoms with E-state index < -0.39 is 0 Å². The Kier molecular flexibility index (Phi) is 4.76. The van der Waals surface area contributed by atoms with Gasteiger partial charge in [0.1, 0.15) is 0 Å². The predicted molar refractivity (Wildman–Crippen MR) is 77.9 cm³/mol. The highest BCUT2D eigenvalue weighted by Crippen LogP contribution is 2.24. The fraction of sp³-hybridized carbons (Fsp3) is 0.786. The molecule has 1 aromatic heterocycles. The molecule has 4 heteroatoms. The molecule has 1 aliphatic rings. The standard InChI is InChI=1S/C14H25N3S/c1-10(2)14-16-12(9-18-14)8-17(3)13-6-4-11(15)5-7-13/h9-11,13H,4-8,15H2,1-3H3. The molecule has 18 heavy (non-hydrogen) atoms. The predicted octanol–water partition coefficient (Wildman–Crippen LogP) is 2.97. The Hall–Kier alpha value is -0.450. The molecule has 1 aliphatic carbocycles. The molecule has 1 aromatic rings. The van der Waals surface area contributed by atoms with Crippen molar-refractivity contribution in [2.24, 2.45) is 5.73 Å². The Morgan fingerprint density at radius 2 is 2.06 bits per heavy atom. The summed E-state index contributed by atoms with van der Waals surface area (Å²) in [5.74, 6) is 0.543. The Morgan fingerprint density at radius 3 is 2.61 bits per heavy atom. The number of thiazole rings is 1. The van der Waals surface area contributed by atoms with Gasteiger partial charge in [-0.3, -0.25) is 4.90 Å². The monoisotopic (exact) mass is 267 g/mol. The van der Waals surface area contributed by atoms with Crippen molar-refractivity contribution < 1.29 is 0 Å². The fourth-order valence-electron chi connectivity index (χ4n) is 2.59. The molecule has 1 fully saturated rings. The first-order valence-corrected chi connectivity index (χ1v) is 7.84. The molecule has 0 saturated heterocycles. The highest BCUT2D eigenvalue weighted by molar-refractivity contribution is 7.09. The van der Waals surface area contributed by atoms with Gasteiger partial charge < -0.3 is 5.73 Å². The maximum Gasteiger partial charge on any atom is 0.0954 e.